The molecule has 29 heavy (non-hydrogen) atoms. The average Bonchev–Trinajstić information content (AvgIpc) is 3.07. The Morgan fingerprint density at radius 3 is 2.90 bits per heavy atom. The third-order valence-electron chi connectivity index (χ3n) is 5.04. The fourth-order valence-electron chi connectivity index (χ4n) is 3.37. The molecular weight excluding hydrogens is 486 g/mol. The zero-order valence-electron chi connectivity index (χ0n) is 17.4. The number of fused-ring (bicyclic) bond motifs is 1. The summed E-state index contributed by atoms with van der Waals surface area (Å²) in [4.78, 5) is 8.85. The van der Waals surface area contributed by atoms with Crippen LogP contribution in [0.1, 0.15) is 37.5 Å². The standard InChI is InChI=1S/C20H29FN6O.HI/c1-20(2,14-6-5-7-15(21)10-14)13-23-19(22-3)24-16-8-9-18-25-17(12-28-4)26-27(18)11-16;/h5-7,10,16H,8-9,11-13H2,1-4H3,(H2,22,23,24);1H. The Hall–Kier alpha value is -1.75. The molecule has 1 aliphatic heterocycles. The van der Waals surface area contributed by atoms with E-state index in [0.29, 0.717) is 13.2 Å². The van der Waals surface area contributed by atoms with E-state index in [-0.39, 0.29) is 41.3 Å². The van der Waals surface area contributed by atoms with Gasteiger partial charge in [0.2, 0.25) is 0 Å². The van der Waals surface area contributed by atoms with E-state index in [0.717, 1.165) is 42.6 Å². The van der Waals surface area contributed by atoms with Crippen molar-refractivity contribution in [1.82, 2.24) is 25.4 Å². The van der Waals surface area contributed by atoms with E-state index in [9.17, 15) is 4.39 Å². The minimum atomic E-state index is -0.236. The molecule has 0 radical (unpaired) electrons. The zero-order valence-corrected chi connectivity index (χ0v) is 19.7. The summed E-state index contributed by atoms with van der Waals surface area (Å²) < 4.78 is 20.6. The van der Waals surface area contributed by atoms with Crippen LogP contribution in [0.15, 0.2) is 29.3 Å². The van der Waals surface area contributed by atoms with E-state index in [1.54, 1.807) is 26.3 Å². The maximum atomic E-state index is 13.6. The number of hydrogen-bond acceptors (Lipinski definition) is 4. The Kier molecular flexibility index (Phi) is 8.38. The van der Waals surface area contributed by atoms with Crippen LogP contribution in [-0.4, -0.2) is 47.5 Å². The highest BCUT2D eigenvalue weighted by Gasteiger charge is 2.24. The van der Waals surface area contributed by atoms with Crippen molar-refractivity contribution in [1.29, 1.82) is 0 Å². The Bertz CT molecular complexity index is 838. The Labute approximate surface area is 188 Å². The van der Waals surface area contributed by atoms with Gasteiger partial charge in [-0.15, -0.1) is 24.0 Å². The third-order valence-corrected chi connectivity index (χ3v) is 5.04. The van der Waals surface area contributed by atoms with Gasteiger partial charge >= 0.3 is 0 Å². The number of methoxy groups -OCH3 is 1. The summed E-state index contributed by atoms with van der Waals surface area (Å²) in [5, 5.41) is 11.3. The fourth-order valence-corrected chi connectivity index (χ4v) is 3.37. The van der Waals surface area contributed by atoms with E-state index in [1.165, 1.54) is 6.07 Å². The molecule has 2 aromatic rings. The number of nitrogens with zero attached hydrogens (tertiary/aromatic N) is 4. The molecule has 9 heteroatoms. The predicted molar refractivity (Wildman–Crippen MR) is 122 cm³/mol. The third kappa shape index (κ3) is 6.11. The van der Waals surface area contributed by atoms with Crippen molar-refractivity contribution in [2.75, 3.05) is 20.7 Å². The van der Waals surface area contributed by atoms with E-state index in [2.05, 4.69) is 39.6 Å². The molecule has 160 valence electrons. The minimum absolute atomic E-state index is 0. The van der Waals surface area contributed by atoms with Crippen LogP contribution in [0.25, 0.3) is 0 Å². The summed E-state index contributed by atoms with van der Waals surface area (Å²) in [6, 6.07) is 6.96. The lowest BCUT2D eigenvalue weighted by molar-refractivity contribution is 0.177. The molecule has 1 aromatic carbocycles. The number of hydrogen-bond donors (Lipinski definition) is 2. The monoisotopic (exact) mass is 516 g/mol. The highest BCUT2D eigenvalue weighted by Crippen LogP contribution is 2.23. The van der Waals surface area contributed by atoms with Crippen molar-refractivity contribution < 1.29 is 9.13 Å². The topological polar surface area (TPSA) is 76.4 Å². The maximum absolute atomic E-state index is 13.6. The van der Waals surface area contributed by atoms with Crippen LogP contribution in [-0.2, 0) is 29.7 Å². The number of rotatable bonds is 6. The number of aromatic nitrogens is 3. The van der Waals surface area contributed by atoms with Crippen LogP contribution in [0.4, 0.5) is 4.39 Å². The van der Waals surface area contributed by atoms with Crippen LogP contribution in [0.2, 0.25) is 0 Å². The summed E-state index contributed by atoms with van der Waals surface area (Å²) in [5.41, 5.74) is 0.714. The molecule has 0 amide bonds. The average molecular weight is 516 g/mol. The van der Waals surface area contributed by atoms with Gasteiger partial charge in [0.1, 0.15) is 18.2 Å². The van der Waals surface area contributed by atoms with Crippen LogP contribution < -0.4 is 10.6 Å². The predicted octanol–water partition coefficient (Wildman–Crippen LogP) is 2.64. The number of guanidine groups is 1. The Balaban J connectivity index is 0.00000300. The van der Waals surface area contributed by atoms with Gasteiger partial charge in [-0.25, -0.2) is 14.1 Å². The maximum Gasteiger partial charge on any atom is 0.191 e. The SMILES string of the molecule is CN=C(NCC(C)(C)c1cccc(F)c1)NC1CCc2nc(COC)nn2C1.I. The molecule has 0 saturated carbocycles. The van der Waals surface area contributed by atoms with E-state index >= 15 is 0 Å². The van der Waals surface area contributed by atoms with Gasteiger partial charge in [-0.1, -0.05) is 26.0 Å². The number of benzene rings is 1. The van der Waals surface area contributed by atoms with Gasteiger partial charge < -0.3 is 15.4 Å². The van der Waals surface area contributed by atoms with Crippen molar-refractivity contribution in [2.45, 2.75) is 51.3 Å². The molecule has 0 aliphatic carbocycles. The molecule has 1 aliphatic rings. The fraction of sp³-hybridized carbons (Fsp3) is 0.550. The van der Waals surface area contributed by atoms with Crippen LogP contribution >= 0.6 is 24.0 Å². The highest BCUT2D eigenvalue weighted by atomic mass is 127. The van der Waals surface area contributed by atoms with Crippen molar-refractivity contribution in [2.24, 2.45) is 4.99 Å². The van der Waals surface area contributed by atoms with Gasteiger partial charge in [0, 0.05) is 38.6 Å². The van der Waals surface area contributed by atoms with Crippen molar-refractivity contribution in [3.63, 3.8) is 0 Å². The quantitative estimate of drug-likeness (QED) is 0.351. The zero-order chi connectivity index (χ0) is 20.1. The first kappa shape index (κ1) is 23.5. The molecule has 1 atom stereocenters. The highest BCUT2D eigenvalue weighted by molar-refractivity contribution is 14.0. The summed E-state index contributed by atoms with van der Waals surface area (Å²) in [7, 11) is 3.40. The van der Waals surface area contributed by atoms with Crippen LogP contribution in [0, 0.1) is 5.82 Å². The van der Waals surface area contributed by atoms with Crippen molar-refractivity contribution in [3.05, 3.63) is 47.3 Å². The molecule has 1 aromatic heterocycles. The molecule has 0 saturated heterocycles. The molecule has 1 unspecified atom stereocenters. The lowest BCUT2D eigenvalue weighted by Crippen LogP contribution is -2.49. The number of aryl methyl sites for hydroxylation is 1. The van der Waals surface area contributed by atoms with Gasteiger partial charge in [0.25, 0.3) is 0 Å². The van der Waals surface area contributed by atoms with Crippen molar-refractivity contribution in [3.8, 4) is 0 Å². The molecule has 7 nitrogen and oxygen atoms in total. The first-order chi connectivity index (χ1) is 13.4. The van der Waals surface area contributed by atoms with Crippen LogP contribution in [0.5, 0.6) is 0 Å². The van der Waals surface area contributed by atoms with E-state index in [4.69, 9.17) is 4.74 Å². The number of ether oxygens (including phenoxy) is 1. The summed E-state index contributed by atoms with van der Waals surface area (Å²) >= 11 is 0. The second-order valence-electron chi connectivity index (χ2n) is 7.76. The second kappa shape index (κ2) is 10.3. The molecule has 0 bridgehead atoms. The lowest BCUT2D eigenvalue weighted by Gasteiger charge is -2.29. The molecule has 3 rings (SSSR count). The molecule has 0 fully saturated rings. The second-order valence-corrected chi connectivity index (χ2v) is 7.76. The molecule has 0 spiro atoms. The largest absolute Gasteiger partial charge is 0.377 e. The molecule has 2 N–H and O–H groups in total. The van der Waals surface area contributed by atoms with E-state index < -0.39 is 0 Å². The smallest absolute Gasteiger partial charge is 0.191 e. The molecule has 2 heterocycles. The van der Waals surface area contributed by atoms with Gasteiger partial charge in [0.15, 0.2) is 11.8 Å². The summed E-state index contributed by atoms with van der Waals surface area (Å²) in [6.07, 6.45) is 1.82. The summed E-state index contributed by atoms with van der Waals surface area (Å²) in [5.74, 6) is 2.24. The Morgan fingerprint density at radius 1 is 1.41 bits per heavy atom. The number of halogens is 2. The Morgan fingerprint density at radius 2 is 2.21 bits per heavy atom. The number of aliphatic imine (C=N–C) groups is 1. The van der Waals surface area contributed by atoms with Gasteiger partial charge in [-0.3, -0.25) is 4.99 Å². The first-order valence-electron chi connectivity index (χ1n) is 9.56. The van der Waals surface area contributed by atoms with E-state index in [1.807, 2.05) is 10.7 Å². The lowest BCUT2D eigenvalue weighted by atomic mass is 9.84. The van der Waals surface area contributed by atoms with Crippen LogP contribution in [0.3, 0.4) is 0 Å². The minimum Gasteiger partial charge on any atom is -0.377 e. The first-order valence-corrected chi connectivity index (χ1v) is 9.56. The summed E-state index contributed by atoms with van der Waals surface area (Å²) in [6.45, 7) is 5.97. The van der Waals surface area contributed by atoms with Gasteiger partial charge in [-0.2, -0.15) is 5.10 Å². The number of nitrogens with one attached hydrogen (secondary N) is 2. The normalized spacial score (nSPS) is 16.7. The van der Waals surface area contributed by atoms with Gasteiger partial charge in [0.05, 0.1) is 6.54 Å². The van der Waals surface area contributed by atoms with Gasteiger partial charge in [-0.05, 0) is 24.1 Å². The van der Waals surface area contributed by atoms with Crippen molar-refractivity contribution >= 4 is 29.9 Å². The molecular formula is C20H30FIN6O.